The van der Waals surface area contributed by atoms with Gasteiger partial charge >= 0.3 is 0 Å². The van der Waals surface area contributed by atoms with Crippen molar-refractivity contribution in [3.8, 4) is 0 Å². The molecule has 0 aliphatic carbocycles. The zero-order valence-electron chi connectivity index (χ0n) is 13.5. The Kier molecular flexibility index (Phi) is 4.78. The van der Waals surface area contributed by atoms with Crippen molar-refractivity contribution in [2.75, 3.05) is 5.32 Å². The second kappa shape index (κ2) is 6.85. The number of aromatic nitrogens is 2. The summed E-state index contributed by atoms with van der Waals surface area (Å²) in [4.78, 5) is 26.0. The highest BCUT2D eigenvalue weighted by Crippen LogP contribution is 2.40. The maximum absolute atomic E-state index is 12.3. The summed E-state index contributed by atoms with van der Waals surface area (Å²) in [5.74, 6) is -0.340. The molecule has 3 N–H and O–H groups in total. The molecule has 0 fully saturated rings. The second-order valence-corrected chi connectivity index (χ2v) is 7.46. The lowest BCUT2D eigenvalue weighted by Gasteiger charge is -2.30. The molecule has 1 aliphatic heterocycles. The Morgan fingerprint density at radius 2 is 2.20 bits per heavy atom. The zero-order chi connectivity index (χ0) is 18.0. The number of aliphatic imine (C=N–C) groups is 1. The molecule has 2 aromatic heterocycles. The minimum Gasteiger partial charge on any atom is -0.378 e. The molecule has 25 heavy (non-hydrogen) atoms. The van der Waals surface area contributed by atoms with Crippen LogP contribution in [0, 0.1) is 0 Å². The van der Waals surface area contributed by atoms with E-state index >= 15 is 0 Å². The fourth-order valence-electron chi connectivity index (χ4n) is 2.55. The summed E-state index contributed by atoms with van der Waals surface area (Å²) >= 11 is 7.16. The van der Waals surface area contributed by atoms with Gasteiger partial charge in [0.1, 0.15) is 5.69 Å². The van der Waals surface area contributed by atoms with Gasteiger partial charge in [-0.2, -0.15) is 0 Å². The molecule has 3 heterocycles. The Morgan fingerprint density at radius 3 is 2.88 bits per heavy atom. The highest BCUT2D eigenvalue weighted by atomic mass is 35.5. The fraction of sp³-hybridized carbons (Fsp3) is 0.176. The number of rotatable bonds is 3. The first-order valence-corrected chi connectivity index (χ1v) is 8.64. The summed E-state index contributed by atoms with van der Waals surface area (Å²) in [6.45, 7) is 5.96. The molecule has 128 valence electrons. The number of carbonyl (C=O) groups excluding carboxylic acids is 1. The number of halogens is 1. The van der Waals surface area contributed by atoms with E-state index in [0.717, 1.165) is 10.5 Å². The SMILES string of the molecule is C=C1C[C@@](C)(c2cncc(NC(=O)c3ccc(Cl)cn3)c2)N=C(N)S1. The predicted octanol–water partition coefficient (Wildman–Crippen LogP) is 3.56. The van der Waals surface area contributed by atoms with Crippen LogP contribution in [0.5, 0.6) is 0 Å². The fourth-order valence-corrected chi connectivity index (χ4v) is 3.56. The molecular formula is C17H16ClN5OS. The van der Waals surface area contributed by atoms with Crippen LogP contribution in [-0.2, 0) is 5.54 Å². The topological polar surface area (TPSA) is 93.3 Å². The third-order valence-electron chi connectivity index (χ3n) is 3.73. The standard InChI is InChI=1S/C17H16ClN5OS/c1-10-6-17(2,23-16(19)25-10)11-5-13(9-20-7-11)22-15(24)14-4-3-12(18)8-21-14/h3-5,7-9H,1,6H2,2H3,(H2,19,23)(H,22,24)/t17-/m0/s1. The first kappa shape index (κ1) is 17.4. The van der Waals surface area contributed by atoms with Crippen molar-refractivity contribution >= 4 is 40.1 Å². The number of anilines is 1. The highest BCUT2D eigenvalue weighted by molar-refractivity contribution is 8.17. The van der Waals surface area contributed by atoms with Crippen molar-refractivity contribution in [3.05, 3.63) is 64.6 Å². The van der Waals surface area contributed by atoms with E-state index in [1.165, 1.54) is 18.0 Å². The molecule has 1 amide bonds. The Balaban J connectivity index is 1.84. The number of nitrogens with one attached hydrogen (secondary N) is 1. The van der Waals surface area contributed by atoms with E-state index in [-0.39, 0.29) is 11.6 Å². The predicted molar refractivity (Wildman–Crippen MR) is 102 cm³/mol. The molecule has 0 aromatic carbocycles. The van der Waals surface area contributed by atoms with E-state index in [9.17, 15) is 4.79 Å². The molecule has 2 aromatic rings. The molecule has 0 saturated heterocycles. The molecule has 0 radical (unpaired) electrons. The van der Waals surface area contributed by atoms with E-state index in [2.05, 4.69) is 26.9 Å². The van der Waals surface area contributed by atoms with Gasteiger partial charge in [-0.05, 0) is 30.0 Å². The van der Waals surface area contributed by atoms with Crippen LogP contribution in [0.25, 0.3) is 0 Å². The Morgan fingerprint density at radius 1 is 1.40 bits per heavy atom. The number of hydrogen-bond acceptors (Lipinski definition) is 6. The van der Waals surface area contributed by atoms with Gasteiger partial charge in [0.05, 0.1) is 22.4 Å². The molecule has 1 atom stereocenters. The third kappa shape index (κ3) is 4.00. The number of amidine groups is 1. The van der Waals surface area contributed by atoms with Gasteiger partial charge in [-0.1, -0.05) is 29.9 Å². The maximum atomic E-state index is 12.3. The minimum atomic E-state index is -0.557. The largest absolute Gasteiger partial charge is 0.378 e. The van der Waals surface area contributed by atoms with Gasteiger partial charge in [0.2, 0.25) is 0 Å². The average molecular weight is 374 g/mol. The Labute approximate surface area is 154 Å². The molecule has 0 unspecified atom stereocenters. The first-order valence-electron chi connectivity index (χ1n) is 7.45. The van der Waals surface area contributed by atoms with E-state index < -0.39 is 5.54 Å². The van der Waals surface area contributed by atoms with Crippen molar-refractivity contribution in [3.63, 3.8) is 0 Å². The van der Waals surface area contributed by atoms with Crippen LogP contribution < -0.4 is 11.1 Å². The summed E-state index contributed by atoms with van der Waals surface area (Å²) in [7, 11) is 0. The summed E-state index contributed by atoms with van der Waals surface area (Å²) < 4.78 is 0. The van der Waals surface area contributed by atoms with Gasteiger partial charge in [0.25, 0.3) is 5.91 Å². The van der Waals surface area contributed by atoms with Crippen LogP contribution in [0.15, 0.2) is 53.3 Å². The number of nitrogens with two attached hydrogens (primary N) is 1. The minimum absolute atomic E-state index is 0.269. The average Bonchev–Trinajstić information content (AvgIpc) is 2.54. The lowest BCUT2D eigenvalue weighted by molar-refractivity contribution is 0.102. The van der Waals surface area contributed by atoms with Gasteiger partial charge < -0.3 is 11.1 Å². The monoisotopic (exact) mass is 373 g/mol. The van der Waals surface area contributed by atoms with Gasteiger partial charge in [0.15, 0.2) is 5.17 Å². The molecule has 8 heteroatoms. The van der Waals surface area contributed by atoms with Crippen LogP contribution in [0.4, 0.5) is 5.69 Å². The van der Waals surface area contributed by atoms with E-state index in [1.54, 1.807) is 24.5 Å². The van der Waals surface area contributed by atoms with E-state index in [4.69, 9.17) is 17.3 Å². The van der Waals surface area contributed by atoms with Crippen LogP contribution in [0.3, 0.4) is 0 Å². The van der Waals surface area contributed by atoms with Crippen molar-refractivity contribution in [1.29, 1.82) is 0 Å². The lowest BCUT2D eigenvalue weighted by atomic mass is 9.90. The summed E-state index contributed by atoms with van der Waals surface area (Å²) in [5.41, 5.74) is 7.00. The molecule has 0 spiro atoms. The molecule has 1 aliphatic rings. The van der Waals surface area contributed by atoms with Crippen LogP contribution in [0.2, 0.25) is 5.02 Å². The maximum Gasteiger partial charge on any atom is 0.274 e. The smallest absolute Gasteiger partial charge is 0.274 e. The van der Waals surface area contributed by atoms with Crippen molar-refractivity contribution < 1.29 is 4.79 Å². The second-order valence-electron chi connectivity index (χ2n) is 5.82. The van der Waals surface area contributed by atoms with Crippen molar-refractivity contribution in [2.45, 2.75) is 18.9 Å². The van der Waals surface area contributed by atoms with Gasteiger partial charge in [-0.25, -0.2) is 4.98 Å². The van der Waals surface area contributed by atoms with Crippen molar-refractivity contribution in [1.82, 2.24) is 9.97 Å². The normalized spacial score (nSPS) is 20.1. The number of nitrogens with zero attached hydrogens (tertiary/aromatic N) is 3. The molecule has 0 bridgehead atoms. The molecular weight excluding hydrogens is 358 g/mol. The van der Waals surface area contributed by atoms with Gasteiger partial charge in [-0.15, -0.1) is 0 Å². The number of hydrogen-bond donors (Lipinski definition) is 2. The van der Waals surface area contributed by atoms with E-state index in [1.807, 2.05) is 13.0 Å². The van der Waals surface area contributed by atoms with Crippen molar-refractivity contribution in [2.24, 2.45) is 10.7 Å². The quantitative estimate of drug-likeness (QED) is 0.857. The summed E-state index contributed by atoms with van der Waals surface area (Å²) in [5, 5.41) is 3.72. The first-order chi connectivity index (χ1) is 11.9. The third-order valence-corrected chi connectivity index (χ3v) is 4.68. The number of thioether (sulfide) groups is 1. The molecule has 6 nitrogen and oxygen atoms in total. The Bertz CT molecular complexity index is 868. The van der Waals surface area contributed by atoms with Crippen LogP contribution in [0.1, 0.15) is 29.4 Å². The Hall–Kier alpha value is -2.38. The highest BCUT2D eigenvalue weighted by Gasteiger charge is 2.32. The number of carbonyl (C=O) groups is 1. The van der Waals surface area contributed by atoms with Crippen LogP contribution in [-0.4, -0.2) is 21.0 Å². The number of pyridine rings is 2. The summed E-state index contributed by atoms with van der Waals surface area (Å²) in [6.07, 6.45) is 5.36. The zero-order valence-corrected chi connectivity index (χ0v) is 15.1. The van der Waals surface area contributed by atoms with Gasteiger partial charge in [-0.3, -0.25) is 14.8 Å². The van der Waals surface area contributed by atoms with E-state index in [0.29, 0.717) is 22.3 Å². The molecule has 0 saturated carbocycles. The van der Waals surface area contributed by atoms with Crippen LogP contribution >= 0.6 is 23.4 Å². The van der Waals surface area contributed by atoms with Gasteiger partial charge in [0, 0.05) is 24.4 Å². The lowest BCUT2D eigenvalue weighted by Crippen LogP contribution is -2.28. The summed E-state index contributed by atoms with van der Waals surface area (Å²) in [6, 6.07) is 5.01. The molecule has 3 rings (SSSR count). The number of amides is 1.